The predicted molar refractivity (Wildman–Crippen MR) is 168 cm³/mol. The third-order valence-electron chi connectivity index (χ3n) is 6.32. The summed E-state index contributed by atoms with van der Waals surface area (Å²) in [6.07, 6.45) is 1.69. The van der Waals surface area contributed by atoms with Crippen molar-refractivity contribution in [3.8, 4) is 0 Å². The summed E-state index contributed by atoms with van der Waals surface area (Å²) in [5.41, 5.74) is 4.34. The molecule has 4 aromatic carbocycles. The number of anilines is 3. The number of methoxy groups -OCH3 is 1. The maximum absolute atomic E-state index is 13.2. The number of amides is 1. The first-order valence-corrected chi connectivity index (χ1v) is 14.4. The van der Waals surface area contributed by atoms with Gasteiger partial charge in [-0.2, -0.15) is 4.99 Å². The molecule has 206 valence electrons. The second-order valence-corrected chi connectivity index (χ2v) is 10.7. The zero-order valence-corrected chi connectivity index (χ0v) is 25.4. The number of halogens is 2. The molecule has 7 nitrogen and oxygen atoms in total. The lowest BCUT2D eigenvalue weighted by molar-refractivity contribution is -0.122. The van der Waals surface area contributed by atoms with Crippen molar-refractivity contribution in [1.29, 1.82) is 0 Å². The molecule has 1 saturated heterocycles. The van der Waals surface area contributed by atoms with Gasteiger partial charge in [0.05, 0.1) is 18.4 Å². The highest BCUT2D eigenvalue weighted by Crippen LogP contribution is 2.36. The molecular weight excluding hydrogens is 650 g/mol. The minimum Gasteiger partial charge on any atom is -0.465 e. The minimum absolute atomic E-state index is 0.0767. The van der Waals surface area contributed by atoms with Crippen molar-refractivity contribution in [3.05, 3.63) is 123 Å². The number of likely N-dealkylation sites (N-methyl/N-ethyl adjacent to an activating group) is 1. The molecule has 0 saturated carbocycles. The van der Waals surface area contributed by atoms with E-state index in [1.165, 1.54) is 12.0 Å². The maximum atomic E-state index is 13.2. The molecule has 1 heterocycles. The molecule has 4 aromatic rings. The summed E-state index contributed by atoms with van der Waals surface area (Å²) in [7, 11) is 1.30. The van der Waals surface area contributed by atoms with E-state index >= 15 is 0 Å². The van der Waals surface area contributed by atoms with Crippen LogP contribution in [-0.2, 0) is 14.3 Å². The Morgan fingerprint density at radius 3 is 2.07 bits per heavy atom. The average molecular weight is 675 g/mol. The molecule has 0 atom stereocenters. The number of ether oxygens (including phenoxy) is 2. The van der Waals surface area contributed by atoms with Crippen molar-refractivity contribution in [2.24, 2.45) is 4.99 Å². The fourth-order valence-electron chi connectivity index (χ4n) is 4.38. The van der Waals surface area contributed by atoms with Crippen molar-refractivity contribution in [3.63, 3.8) is 0 Å². The number of rotatable bonds is 7. The quantitative estimate of drug-likeness (QED) is 0.146. The highest BCUT2D eigenvalue weighted by atomic mass is 79.9. The molecule has 1 fully saturated rings. The van der Waals surface area contributed by atoms with Crippen LogP contribution in [0.2, 0.25) is 0 Å². The largest absolute Gasteiger partial charge is 0.465 e. The Bertz CT molecular complexity index is 1600. The predicted octanol–water partition coefficient (Wildman–Crippen LogP) is 8.38. The van der Waals surface area contributed by atoms with Crippen LogP contribution in [0.3, 0.4) is 0 Å². The molecule has 5 rings (SSSR count). The normalized spacial score (nSPS) is 14.8. The molecule has 1 amide bonds. The molecule has 0 aliphatic carbocycles. The summed E-state index contributed by atoms with van der Waals surface area (Å²) in [5, 5.41) is 0. The third-order valence-corrected chi connectivity index (χ3v) is 7.39. The highest BCUT2D eigenvalue weighted by Gasteiger charge is 2.34. The molecule has 0 N–H and O–H groups in total. The summed E-state index contributed by atoms with van der Waals surface area (Å²) in [6, 6.07) is 31.5. The Hall–Kier alpha value is -4.21. The zero-order valence-electron chi connectivity index (χ0n) is 22.3. The maximum Gasteiger partial charge on any atom is 0.340 e. The molecule has 9 heteroatoms. The Labute approximate surface area is 255 Å². The monoisotopic (exact) mass is 673 g/mol. The Kier molecular flexibility index (Phi) is 8.66. The smallest absolute Gasteiger partial charge is 0.340 e. The van der Waals surface area contributed by atoms with Crippen molar-refractivity contribution < 1.29 is 19.1 Å². The number of hydrogen-bond donors (Lipinski definition) is 0. The molecule has 0 radical (unpaired) electrons. The van der Waals surface area contributed by atoms with Crippen LogP contribution in [0.1, 0.15) is 22.8 Å². The van der Waals surface area contributed by atoms with Crippen LogP contribution in [0.25, 0.3) is 6.08 Å². The molecule has 41 heavy (non-hydrogen) atoms. The molecule has 1 aliphatic heterocycles. The van der Waals surface area contributed by atoms with E-state index < -0.39 is 5.97 Å². The lowest BCUT2D eigenvalue weighted by Gasteiger charge is -2.25. The van der Waals surface area contributed by atoms with E-state index in [1.54, 1.807) is 18.2 Å². The van der Waals surface area contributed by atoms with Crippen molar-refractivity contribution in [2.45, 2.75) is 6.92 Å². The van der Waals surface area contributed by atoms with Gasteiger partial charge < -0.3 is 14.4 Å². The first-order valence-electron chi connectivity index (χ1n) is 12.8. The topological polar surface area (TPSA) is 71.4 Å². The van der Waals surface area contributed by atoms with E-state index in [2.05, 4.69) is 66.0 Å². The van der Waals surface area contributed by atoms with Gasteiger partial charge in [0.1, 0.15) is 0 Å². The number of esters is 1. The average Bonchev–Trinajstić information content (AvgIpc) is 3.29. The summed E-state index contributed by atoms with van der Waals surface area (Å²) in [4.78, 5) is 33.8. The van der Waals surface area contributed by atoms with Gasteiger partial charge in [0, 0.05) is 32.6 Å². The van der Waals surface area contributed by atoms with Gasteiger partial charge in [-0.15, -0.1) is 0 Å². The van der Waals surface area contributed by atoms with E-state index in [0.29, 0.717) is 21.2 Å². The number of carbonyl (C=O) groups excluding carboxylic acids is 2. The van der Waals surface area contributed by atoms with Gasteiger partial charge in [0.25, 0.3) is 5.91 Å². The van der Waals surface area contributed by atoms with Crippen LogP contribution in [-0.4, -0.2) is 36.5 Å². The van der Waals surface area contributed by atoms with Gasteiger partial charge in [0.2, 0.25) is 0 Å². The fraction of sp³-hybridized carbons (Fsp3) is 0.0938. The summed E-state index contributed by atoms with van der Waals surface area (Å²) in [6.45, 7) is 2.16. The molecule has 0 bridgehead atoms. The lowest BCUT2D eigenvalue weighted by atomic mass is 10.1. The number of hydrogen-bond acceptors (Lipinski definition) is 6. The van der Waals surface area contributed by atoms with Gasteiger partial charge >= 0.3 is 12.0 Å². The van der Waals surface area contributed by atoms with Crippen LogP contribution in [0.15, 0.2) is 117 Å². The molecule has 0 unspecified atom stereocenters. The molecule has 0 spiro atoms. The molecule has 0 aromatic heterocycles. The van der Waals surface area contributed by atoms with Crippen molar-refractivity contribution >= 4 is 78.6 Å². The Morgan fingerprint density at radius 1 is 0.927 bits per heavy atom. The summed E-state index contributed by atoms with van der Waals surface area (Å²) in [5.74, 6) is -0.748. The summed E-state index contributed by atoms with van der Waals surface area (Å²) < 4.78 is 12.1. The van der Waals surface area contributed by atoms with Gasteiger partial charge in [-0.25, -0.2) is 4.79 Å². The second kappa shape index (κ2) is 12.5. The SMILES string of the molecule is CCN1C(=O)C(=Cc2ccc(N(c3ccccc3)c3ccccc3)cc2)OC1=Nc1c(Br)cc(Br)cc1C(=O)OC. The number of nitrogens with zero attached hydrogens (tertiary/aromatic N) is 3. The molecular formula is C32H25Br2N3O4. The van der Waals surface area contributed by atoms with E-state index in [0.717, 1.165) is 22.6 Å². The van der Waals surface area contributed by atoms with Crippen molar-refractivity contribution in [1.82, 2.24) is 4.90 Å². The van der Waals surface area contributed by atoms with Crippen LogP contribution in [0.5, 0.6) is 0 Å². The third kappa shape index (κ3) is 6.11. The van der Waals surface area contributed by atoms with Crippen LogP contribution >= 0.6 is 31.9 Å². The van der Waals surface area contributed by atoms with E-state index in [-0.39, 0.29) is 23.3 Å². The van der Waals surface area contributed by atoms with E-state index in [1.807, 2.05) is 67.6 Å². The first-order chi connectivity index (χ1) is 19.9. The van der Waals surface area contributed by atoms with Gasteiger partial charge in [-0.05, 0) is 83.0 Å². The van der Waals surface area contributed by atoms with Crippen LogP contribution in [0.4, 0.5) is 22.7 Å². The van der Waals surface area contributed by atoms with Crippen LogP contribution in [0, 0.1) is 0 Å². The Morgan fingerprint density at radius 2 is 1.51 bits per heavy atom. The van der Waals surface area contributed by atoms with Gasteiger partial charge in [-0.3, -0.25) is 9.69 Å². The number of carbonyl (C=O) groups is 2. The number of aliphatic imine (C=N–C) groups is 1. The zero-order chi connectivity index (χ0) is 28.9. The standard InChI is InChI=1S/C32H25Br2N3O4/c1-3-36-30(38)28(41-32(36)35-29-26(31(39)40-2)19-22(33)20-27(29)34)18-21-14-16-25(17-15-21)37(23-10-6-4-7-11-23)24-12-8-5-9-13-24/h4-20H,3H2,1-2H3. The summed E-state index contributed by atoms with van der Waals surface area (Å²) >= 11 is 6.84. The lowest BCUT2D eigenvalue weighted by Crippen LogP contribution is -2.29. The van der Waals surface area contributed by atoms with Crippen LogP contribution < -0.4 is 4.90 Å². The number of benzene rings is 4. The van der Waals surface area contributed by atoms with E-state index in [4.69, 9.17) is 9.47 Å². The Balaban J connectivity index is 1.47. The minimum atomic E-state index is -0.561. The first kappa shape index (κ1) is 28.3. The number of amidine groups is 1. The van der Waals surface area contributed by atoms with Gasteiger partial charge in [0.15, 0.2) is 5.76 Å². The second-order valence-electron chi connectivity index (χ2n) is 8.93. The van der Waals surface area contributed by atoms with Crippen molar-refractivity contribution in [2.75, 3.05) is 18.6 Å². The van der Waals surface area contributed by atoms with Gasteiger partial charge in [-0.1, -0.05) is 64.5 Å². The fourth-order valence-corrected chi connectivity index (χ4v) is 5.70. The highest BCUT2D eigenvalue weighted by molar-refractivity contribution is 9.11. The number of para-hydroxylation sites is 2. The molecule has 1 aliphatic rings. The van der Waals surface area contributed by atoms with E-state index in [9.17, 15) is 9.59 Å².